The molecule has 82 valence electrons. The highest BCUT2D eigenvalue weighted by Crippen LogP contribution is 2.29. The molecular weight excluding hydrogens is 178 g/mol. The van der Waals surface area contributed by atoms with E-state index >= 15 is 0 Å². The largest absolute Gasteiger partial charge is 0.480 e. The maximum Gasteiger partial charge on any atom is 0.317 e. The second-order valence-corrected chi connectivity index (χ2v) is 4.49. The van der Waals surface area contributed by atoms with Crippen LogP contribution in [0.15, 0.2) is 0 Å². The SMILES string of the molecule is CC1CCC(CCNCC(=O)O)CC1. The average molecular weight is 199 g/mol. The van der Waals surface area contributed by atoms with Gasteiger partial charge in [-0.1, -0.05) is 32.6 Å². The smallest absolute Gasteiger partial charge is 0.317 e. The molecule has 0 atom stereocenters. The molecule has 0 aromatic carbocycles. The fourth-order valence-corrected chi connectivity index (χ4v) is 2.12. The molecule has 0 radical (unpaired) electrons. The molecule has 1 fully saturated rings. The summed E-state index contributed by atoms with van der Waals surface area (Å²) in [4.78, 5) is 10.2. The molecule has 0 saturated heterocycles. The average Bonchev–Trinajstić information content (AvgIpc) is 2.15. The Morgan fingerprint density at radius 2 is 2.00 bits per heavy atom. The van der Waals surface area contributed by atoms with Gasteiger partial charge < -0.3 is 10.4 Å². The zero-order chi connectivity index (χ0) is 10.4. The van der Waals surface area contributed by atoms with E-state index in [1.165, 1.54) is 25.7 Å². The highest BCUT2D eigenvalue weighted by molar-refractivity contribution is 5.68. The van der Waals surface area contributed by atoms with Gasteiger partial charge in [0.15, 0.2) is 0 Å². The minimum absolute atomic E-state index is 0.100. The monoisotopic (exact) mass is 199 g/mol. The molecule has 0 aromatic heterocycles. The van der Waals surface area contributed by atoms with Crippen molar-refractivity contribution in [3.8, 4) is 0 Å². The van der Waals surface area contributed by atoms with Gasteiger partial charge in [-0.15, -0.1) is 0 Å². The van der Waals surface area contributed by atoms with Crippen molar-refractivity contribution in [2.24, 2.45) is 11.8 Å². The van der Waals surface area contributed by atoms with Crippen molar-refractivity contribution in [2.75, 3.05) is 13.1 Å². The second kappa shape index (κ2) is 6.02. The van der Waals surface area contributed by atoms with E-state index in [0.29, 0.717) is 0 Å². The lowest BCUT2D eigenvalue weighted by molar-refractivity contribution is -0.135. The third-order valence-electron chi connectivity index (χ3n) is 3.14. The van der Waals surface area contributed by atoms with Gasteiger partial charge in [0.25, 0.3) is 0 Å². The van der Waals surface area contributed by atoms with E-state index in [1.54, 1.807) is 0 Å². The lowest BCUT2D eigenvalue weighted by Gasteiger charge is -2.25. The summed E-state index contributed by atoms with van der Waals surface area (Å²) in [6, 6.07) is 0. The van der Waals surface area contributed by atoms with Crippen molar-refractivity contribution in [3.63, 3.8) is 0 Å². The maximum absolute atomic E-state index is 10.2. The molecule has 0 aromatic rings. The summed E-state index contributed by atoms with van der Waals surface area (Å²) in [5, 5.41) is 11.4. The van der Waals surface area contributed by atoms with Crippen LogP contribution in [0.4, 0.5) is 0 Å². The summed E-state index contributed by atoms with van der Waals surface area (Å²) in [5.41, 5.74) is 0. The van der Waals surface area contributed by atoms with Crippen LogP contribution in [0.5, 0.6) is 0 Å². The van der Waals surface area contributed by atoms with Gasteiger partial charge in [-0.2, -0.15) is 0 Å². The predicted molar refractivity (Wildman–Crippen MR) is 56.2 cm³/mol. The third-order valence-corrected chi connectivity index (χ3v) is 3.14. The fraction of sp³-hybridized carbons (Fsp3) is 0.909. The number of hydrogen-bond donors (Lipinski definition) is 2. The van der Waals surface area contributed by atoms with Crippen molar-refractivity contribution < 1.29 is 9.90 Å². The molecule has 2 N–H and O–H groups in total. The Morgan fingerprint density at radius 3 is 2.57 bits per heavy atom. The van der Waals surface area contributed by atoms with Crippen molar-refractivity contribution in [3.05, 3.63) is 0 Å². The lowest BCUT2D eigenvalue weighted by atomic mass is 9.81. The van der Waals surface area contributed by atoms with E-state index in [4.69, 9.17) is 5.11 Å². The fourth-order valence-electron chi connectivity index (χ4n) is 2.12. The van der Waals surface area contributed by atoms with Crippen LogP contribution in [0.1, 0.15) is 39.0 Å². The Kier molecular flexibility index (Phi) is 4.94. The van der Waals surface area contributed by atoms with E-state index in [0.717, 1.165) is 24.8 Å². The minimum Gasteiger partial charge on any atom is -0.480 e. The van der Waals surface area contributed by atoms with Gasteiger partial charge in [-0.25, -0.2) is 0 Å². The Morgan fingerprint density at radius 1 is 1.36 bits per heavy atom. The number of carboxylic acid groups (broad SMARTS) is 1. The van der Waals surface area contributed by atoms with Gasteiger partial charge in [0.2, 0.25) is 0 Å². The normalized spacial score (nSPS) is 27.5. The van der Waals surface area contributed by atoms with Gasteiger partial charge in [-0.3, -0.25) is 4.79 Å². The van der Waals surface area contributed by atoms with Gasteiger partial charge in [-0.05, 0) is 24.8 Å². The van der Waals surface area contributed by atoms with Crippen LogP contribution in [0, 0.1) is 11.8 Å². The van der Waals surface area contributed by atoms with E-state index in [2.05, 4.69) is 12.2 Å². The summed E-state index contributed by atoms with van der Waals surface area (Å²) in [6.45, 7) is 3.27. The molecule has 1 aliphatic carbocycles. The van der Waals surface area contributed by atoms with Gasteiger partial charge in [0.05, 0.1) is 6.54 Å². The Hall–Kier alpha value is -0.570. The van der Waals surface area contributed by atoms with Crippen molar-refractivity contribution in [2.45, 2.75) is 39.0 Å². The summed E-state index contributed by atoms with van der Waals surface area (Å²) in [6.07, 6.45) is 6.50. The molecule has 1 rings (SSSR count). The highest BCUT2D eigenvalue weighted by atomic mass is 16.4. The van der Waals surface area contributed by atoms with Crippen LogP contribution in [-0.2, 0) is 4.79 Å². The van der Waals surface area contributed by atoms with Crippen molar-refractivity contribution in [1.82, 2.24) is 5.32 Å². The first-order chi connectivity index (χ1) is 6.68. The van der Waals surface area contributed by atoms with E-state index in [9.17, 15) is 4.79 Å². The van der Waals surface area contributed by atoms with E-state index in [1.807, 2.05) is 0 Å². The lowest BCUT2D eigenvalue weighted by Crippen LogP contribution is -2.25. The number of aliphatic carboxylic acids is 1. The predicted octanol–water partition coefficient (Wildman–Crippen LogP) is 1.88. The number of rotatable bonds is 5. The first-order valence-electron chi connectivity index (χ1n) is 5.61. The van der Waals surface area contributed by atoms with Gasteiger partial charge >= 0.3 is 5.97 Å². The molecule has 0 aliphatic heterocycles. The topological polar surface area (TPSA) is 49.3 Å². The molecule has 0 amide bonds. The van der Waals surface area contributed by atoms with Crippen LogP contribution in [0.2, 0.25) is 0 Å². The van der Waals surface area contributed by atoms with Crippen LogP contribution < -0.4 is 5.32 Å². The minimum atomic E-state index is -0.762. The molecule has 0 unspecified atom stereocenters. The van der Waals surface area contributed by atoms with Gasteiger partial charge in [0.1, 0.15) is 0 Å². The van der Waals surface area contributed by atoms with E-state index in [-0.39, 0.29) is 6.54 Å². The first kappa shape index (κ1) is 11.5. The quantitative estimate of drug-likeness (QED) is 0.665. The van der Waals surface area contributed by atoms with Crippen LogP contribution in [-0.4, -0.2) is 24.2 Å². The van der Waals surface area contributed by atoms with Crippen molar-refractivity contribution in [1.29, 1.82) is 0 Å². The van der Waals surface area contributed by atoms with E-state index < -0.39 is 5.97 Å². The zero-order valence-corrected chi connectivity index (χ0v) is 8.96. The number of hydrogen-bond acceptors (Lipinski definition) is 2. The number of carboxylic acids is 1. The summed E-state index contributed by atoms with van der Waals surface area (Å²) in [7, 11) is 0. The molecule has 0 heterocycles. The molecule has 1 saturated carbocycles. The second-order valence-electron chi connectivity index (χ2n) is 4.49. The third kappa shape index (κ3) is 4.61. The molecule has 0 spiro atoms. The van der Waals surface area contributed by atoms with Crippen LogP contribution in [0.3, 0.4) is 0 Å². The van der Waals surface area contributed by atoms with Crippen molar-refractivity contribution >= 4 is 5.97 Å². The first-order valence-corrected chi connectivity index (χ1v) is 5.61. The zero-order valence-electron chi connectivity index (χ0n) is 8.96. The summed E-state index contributed by atoms with van der Waals surface area (Å²) in [5.74, 6) is 0.966. The molecule has 3 nitrogen and oxygen atoms in total. The summed E-state index contributed by atoms with van der Waals surface area (Å²) < 4.78 is 0. The number of carbonyl (C=O) groups is 1. The van der Waals surface area contributed by atoms with Gasteiger partial charge in [0, 0.05) is 0 Å². The molecule has 0 bridgehead atoms. The number of nitrogens with one attached hydrogen (secondary N) is 1. The Labute approximate surface area is 85.9 Å². The molecular formula is C11H21NO2. The maximum atomic E-state index is 10.2. The molecule has 1 aliphatic rings. The molecule has 3 heteroatoms. The van der Waals surface area contributed by atoms with Crippen LogP contribution >= 0.6 is 0 Å². The highest BCUT2D eigenvalue weighted by Gasteiger charge is 2.17. The Balaban J connectivity index is 1.99. The Bertz CT molecular complexity index is 174. The summed E-state index contributed by atoms with van der Waals surface area (Å²) >= 11 is 0. The molecule has 14 heavy (non-hydrogen) atoms. The van der Waals surface area contributed by atoms with Crippen LogP contribution in [0.25, 0.3) is 0 Å². The standard InChI is InChI=1S/C11H21NO2/c1-9-2-4-10(5-3-9)6-7-12-8-11(13)14/h9-10,12H,2-8H2,1H3,(H,13,14).